The number of morpholine rings is 1. The van der Waals surface area contributed by atoms with Crippen molar-refractivity contribution in [3.05, 3.63) is 47.2 Å². The Morgan fingerprint density at radius 1 is 1.27 bits per heavy atom. The predicted octanol–water partition coefficient (Wildman–Crippen LogP) is 2.82. The number of carbonyl (C=O) groups excluding carboxylic acids is 1. The van der Waals surface area contributed by atoms with E-state index in [0.717, 1.165) is 16.3 Å². The van der Waals surface area contributed by atoms with Crippen LogP contribution in [0.15, 0.2) is 35.7 Å². The van der Waals surface area contributed by atoms with Gasteiger partial charge in [0.1, 0.15) is 10.8 Å². The first-order valence-corrected chi connectivity index (χ1v) is 7.86. The molecule has 0 N–H and O–H groups in total. The highest BCUT2D eigenvalue weighted by Crippen LogP contribution is 2.24. The Morgan fingerprint density at radius 3 is 2.73 bits per heavy atom. The van der Waals surface area contributed by atoms with Crippen LogP contribution in [-0.2, 0) is 9.53 Å². The molecule has 0 spiro atoms. The smallest absolute Gasteiger partial charge is 0.246 e. The topological polar surface area (TPSA) is 42.4 Å². The Bertz CT molecular complexity index is 676. The van der Waals surface area contributed by atoms with Gasteiger partial charge in [-0.05, 0) is 30.3 Å². The van der Waals surface area contributed by atoms with E-state index in [4.69, 9.17) is 4.74 Å². The lowest BCUT2D eigenvalue weighted by Gasteiger charge is -2.25. The maximum Gasteiger partial charge on any atom is 0.246 e. The zero-order valence-corrected chi connectivity index (χ0v) is 12.7. The van der Waals surface area contributed by atoms with Gasteiger partial charge in [-0.3, -0.25) is 4.79 Å². The highest BCUT2D eigenvalue weighted by Gasteiger charge is 2.14. The lowest BCUT2D eigenvalue weighted by atomic mass is 10.2. The van der Waals surface area contributed by atoms with Crippen LogP contribution >= 0.6 is 11.3 Å². The summed E-state index contributed by atoms with van der Waals surface area (Å²) < 4.78 is 18.1. The molecule has 0 unspecified atom stereocenters. The minimum atomic E-state index is -0.267. The van der Waals surface area contributed by atoms with Crippen molar-refractivity contribution in [2.75, 3.05) is 26.3 Å². The summed E-state index contributed by atoms with van der Waals surface area (Å²) >= 11 is 1.47. The molecule has 1 aromatic carbocycles. The van der Waals surface area contributed by atoms with Crippen LogP contribution in [0.5, 0.6) is 0 Å². The zero-order chi connectivity index (χ0) is 15.4. The number of aromatic nitrogens is 1. The van der Waals surface area contributed by atoms with Crippen molar-refractivity contribution in [3.8, 4) is 10.6 Å². The zero-order valence-electron chi connectivity index (χ0n) is 11.9. The number of benzene rings is 1. The molecule has 1 saturated heterocycles. The van der Waals surface area contributed by atoms with Crippen molar-refractivity contribution in [2.24, 2.45) is 0 Å². The van der Waals surface area contributed by atoms with Gasteiger partial charge < -0.3 is 9.64 Å². The first-order chi connectivity index (χ1) is 10.7. The second kappa shape index (κ2) is 6.81. The maximum absolute atomic E-state index is 12.9. The van der Waals surface area contributed by atoms with Crippen LogP contribution < -0.4 is 0 Å². The summed E-state index contributed by atoms with van der Waals surface area (Å²) in [5.74, 6) is -0.295. The molecule has 0 atom stereocenters. The van der Waals surface area contributed by atoms with E-state index in [-0.39, 0.29) is 11.7 Å². The molecule has 1 aliphatic rings. The first kappa shape index (κ1) is 14.9. The largest absolute Gasteiger partial charge is 0.378 e. The normalized spacial score (nSPS) is 15.4. The molecule has 4 nitrogen and oxygen atoms in total. The summed E-state index contributed by atoms with van der Waals surface area (Å²) in [4.78, 5) is 18.2. The molecule has 1 aliphatic heterocycles. The van der Waals surface area contributed by atoms with Gasteiger partial charge >= 0.3 is 0 Å². The number of hydrogen-bond acceptors (Lipinski definition) is 4. The molecule has 1 aromatic heterocycles. The van der Waals surface area contributed by atoms with Crippen LogP contribution in [0.3, 0.4) is 0 Å². The minimum absolute atomic E-state index is 0.0281. The third-order valence-electron chi connectivity index (χ3n) is 3.33. The number of halogens is 1. The van der Waals surface area contributed by atoms with Gasteiger partial charge in [0.2, 0.25) is 5.91 Å². The Balaban J connectivity index is 1.67. The summed E-state index contributed by atoms with van der Waals surface area (Å²) in [6, 6.07) is 6.21. The molecule has 1 amide bonds. The number of hydrogen-bond donors (Lipinski definition) is 0. The Morgan fingerprint density at radius 2 is 2.00 bits per heavy atom. The van der Waals surface area contributed by atoms with Gasteiger partial charge in [-0.25, -0.2) is 9.37 Å². The summed E-state index contributed by atoms with van der Waals surface area (Å²) in [6.45, 7) is 2.43. The average Bonchev–Trinajstić information content (AvgIpc) is 3.03. The quantitative estimate of drug-likeness (QED) is 0.817. The number of thiazole rings is 1. The molecule has 1 fully saturated rings. The summed E-state index contributed by atoms with van der Waals surface area (Å²) in [6.07, 6.45) is 3.25. The van der Waals surface area contributed by atoms with Gasteiger partial charge in [0.05, 0.1) is 18.9 Å². The summed E-state index contributed by atoms with van der Waals surface area (Å²) in [5.41, 5.74) is 1.59. The van der Waals surface area contributed by atoms with E-state index in [9.17, 15) is 9.18 Å². The lowest BCUT2D eigenvalue weighted by molar-refractivity contribution is -0.129. The van der Waals surface area contributed by atoms with Crippen LogP contribution in [0.25, 0.3) is 16.6 Å². The molecule has 6 heteroatoms. The Hall–Kier alpha value is -2.05. The number of nitrogens with zero attached hydrogens (tertiary/aromatic N) is 2. The van der Waals surface area contributed by atoms with E-state index in [1.165, 1.54) is 29.5 Å². The summed E-state index contributed by atoms with van der Waals surface area (Å²) in [5, 5.41) is 2.68. The van der Waals surface area contributed by atoms with E-state index in [1.807, 2.05) is 5.38 Å². The Labute approximate surface area is 131 Å². The first-order valence-electron chi connectivity index (χ1n) is 6.98. The average molecular weight is 318 g/mol. The molecule has 2 heterocycles. The second-order valence-electron chi connectivity index (χ2n) is 4.86. The lowest BCUT2D eigenvalue weighted by Crippen LogP contribution is -2.39. The van der Waals surface area contributed by atoms with Crippen LogP contribution in [0, 0.1) is 5.82 Å². The van der Waals surface area contributed by atoms with E-state index in [2.05, 4.69) is 4.98 Å². The third-order valence-corrected chi connectivity index (χ3v) is 4.24. The van der Waals surface area contributed by atoms with Crippen molar-refractivity contribution < 1.29 is 13.9 Å². The van der Waals surface area contributed by atoms with Gasteiger partial charge in [0.25, 0.3) is 0 Å². The van der Waals surface area contributed by atoms with Crippen molar-refractivity contribution in [1.82, 2.24) is 9.88 Å². The molecular weight excluding hydrogens is 303 g/mol. The van der Waals surface area contributed by atoms with Gasteiger partial charge in [-0.2, -0.15) is 0 Å². The number of ether oxygens (including phenoxy) is 1. The molecular formula is C16H15FN2O2S. The van der Waals surface area contributed by atoms with E-state index in [0.29, 0.717) is 26.3 Å². The highest BCUT2D eigenvalue weighted by molar-refractivity contribution is 7.13. The monoisotopic (exact) mass is 318 g/mol. The molecule has 2 aromatic rings. The fourth-order valence-corrected chi connectivity index (χ4v) is 2.93. The van der Waals surface area contributed by atoms with Crippen LogP contribution in [-0.4, -0.2) is 42.1 Å². The maximum atomic E-state index is 12.9. The molecule has 0 aliphatic carbocycles. The fraction of sp³-hybridized carbons (Fsp3) is 0.250. The highest BCUT2D eigenvalue weighted by atomic mass is 32.1. The van der Waals surface area contributed by atoms with Crippen molar-refractivity contribution in [2.45, 2.75) is 0 Å². The van der Waals surface area contributed by atoms with Crippen LogP contribution in [0.4, 0.5) is 4.39 Å². The van der Waals surface area contributed by atoms with Gasteiger partial charge in [0.15, 0.2) is 0 Å². The van der Waals surface area contributed by atoms with E-state index >= 15 is 0 Å². The van der Waals surface area contributed by atoms with Gasteiger partial charge in [0, 0.05) is 30.1 Å². The molecule has 114 valence electrons. The number of amides is 1. The molecule has 0 saturated carbocycles. The third kappa shape index (κ3) is 3.58. The van der Waals surface area contributed by atoms with Crippen LogP contribution in [0.2, 0.25) is 0 Å². The van der Waals surface area contributed by atoms with E-state index in [1.54, 1.807) is 23.1 Å². The molecule has 22 heavy (non-hydrogen) atoms. The van der Waals surface area contributed by atoms with E-state index < -0.39 is 0 Å². The van der Waals surface area contributed by atoms with Gasteiger partial charge in [-0.1, -0.05) is 0 Å². The van der Waals surface area contributed by atoms with Crippen LogP contribution in [0.1, 0.15) is 5.69 Å². The molecule has 0 radical (unpaired) electrons. The fourth-order valence-electron chi connectivity index (χ4n) is 2.13. The second-order valence-corrected chi connectivity index (χ2v) is 5.71. The Kier molecular flexibility index (Phi) is 4.60. The van der Waals surface area contributed by atoms with Gasteiger partial charge in [-0.15, -0.1) is 11.3 Å². The number of carbonyl (C=O) groups is 1. The van der Waals surface area contributed by atoms with Crippen molar-refractivity contribution in [3.63, 3.8) is 0 Å². The minimum Gasteiger partial charge on any atom is -0.378 e. The summed E-state index contributed by atoms with van der Waals surface area (Å²) in [7, 11) is 0. The molecule has 0 bridgehead atoms. The number of rotatable bonds is 3. The standard InChI is InChI=1S/C16H15FN2O2S/c17-13-3-1-12(2-4-13)16-18-14(11-22-16)5-6-15(20)19-7-9-21-10-8-19/h1-6,11H,7-10H2. The predicted molar refractivity (Wildman–Crippen MR) is 83.9 cm³/mol. The molecule has 3 rings (SSSR count). The SMILES string of the molecule is O=C(C=Cc1csc(-c2ccc(F)cc2)n1)N1CCOCC1. The van der Waals surface area contributed by atoms with Crippen molar-refractivity contribution in [1.29, 1.82) is 0 Å². The van der Waals surface area contributed by atoms with Crippen molar-refractivity contribution >= 4 is 23.3 Å².